The summed E-state index contributed by atoms with van der Waals surface area (Å²) in [4.78, 5) is 24.0. The number of nitrogens with one attached hydrogen (secondary N) is 2. The first-order chi connectivity index (χ1) is 13.0. The first-order valence-corrected chi connectivity index (χ1v) is 8.74. The maximum atomic E-state index is 13.2. The molecule has 3 atom stereocenters. The normalized spacial score (nSPS) is 19.2. The lowest BCUT2D eigenvalue weighted by Crippen LogP contribution is -2.46. The smallest absolute Gasteiger partial charge is 0.405 e. The Morgan fingerprint density at radius 3 is 2.59 bits per heavy atom. The van der Waals surface area contributed by atoms with Crippen LogP contribution in [-0.4, -0.2) is 29.8 Å². The van der Waals surface area contributed by atoms with Crippen LogP contribution in [0.1, 0.15) is 35.8 Å². The van der Waals surface area contributed by atoms with Gasteiger partial charge in [-0.25, -0.2) is 9.18 Å². The van der Waals surface area contributed by atoms with Crippen LogP contribution in [0.15, 0.2) is 48.5 Å². The molecule has 3 rings (SSSR count). The molecule has 0 radical (unpaired) electrons. The number of carbonyl (C=O) groups excluding carboxylic acids is 1. The molecule has 7 heteroatoms. The lowest BCUT2D eigenvalue weighted by Gasteiger charge is -2.25. The van der Waals surface area contributed by atoms with Crippen LogP contribution in [-0.2, 0) is 16.0 Å². The third-order valence-electron chi connectivity index (χ3n) is 4.57. The molecule has 0 bridgehead atoms. The van der Waals surface area contributed by atoms with Gasteiger partial charge in [0.2, 0.25) is 5.91 Å². The number of benzene rings is 2. The molecule has 1 unspecified atom stereocenters. The third kappa shape index (κ3) is 4.25. The largest absolute Gasteiger partial charge is 0.465 e. The van der Waals surface area contributed by atoms with Crippen LogP contribution in [0.2, 0.25) is 0 Å². The van der Waals surface area contributed by atoms with Gasteiger partial charge in [-0.3, -0.25) is 4.79 Å². The number of hydrogen-bond acceptors (Lipinski definition) is 3. The van der Waals surface area contributed by atoms with E-state index in [1.807, 2.05) is 31.2 Å². The minimum absolute atomic E-state index is 0.297. The van der Waals surface area contributed by atoms with E-state index >= 15 is 0 Å². The summed E-state index contributed by atoms with van der Waals surface area (Å²) in [7, 11) is 0. The van der Waals surface area contributed by atoms with Crippen LogP contribution < -0.4 is 10.6 Å². The lowest BCUT2D eigenvalue weighted by molar-refractivity contribution is -0.125. The molecule has 1 aliphatic rings. The Balaban J connectivity index is 1.80. The number of halogens is 1. The van der Waals surface area contributed by atoms with E-state index in [0.29, 0.717) is 18.6 Å². The van der Waals surface area contributed by atoms with E-state index in [-0.39, 0.29) is 12.1 Å². The van der Waals surface area contributed by atoms with Gasteiger partial charge in [0.05, 0.1) is 6.04 Å². The molecule has 2 aromatic rings. The van der Waals surface area contributed by atoms with Crippen molar-refractivity contribution in [1.29, 1.82) is 0 Å². The highest BCUT2D eigenvalue weighted by molar-refractivity contribution is 5.86. The molecule has 0 fully saturated rings. The van der Waals surface area contributed by atoms with Crippen molar-refractivity contribution in [3.05, 3.63) is 71.0 Å². The standard InChI is InChI=1S/C20H21FN2O4/c1-2-27-18-15-6-4-3-5-13(15)11-16(18)22-19(24)17(23-20(25)26)12-7-9-14(21)10-8-12/h3-10,16-18,23H,2,11H2,1H3,(H,22,24)(H,25,26)/t16-,17?,18-/m1/s1. The summed E-state index contributed by atoms with van der Waals surface area (Å²) in [6.07, 6.45) is -1.04. The second-order valence-corrected chi connectivity index (χ2v) is 6.33. The molecule has 6 nitrogen and oxygen atoms in total. The molecule has 0 aliphatic heterocycles. The van der Waals surface area contributed by atoms with Gasteiger partial charge in [-0.2, -0.15) is 0 Å². The van der Waals surface area contributed by atoms with E-state index in [1.165, 1.54) is 24.3 Å². The predicted octanol–water partition coefficient (Wildman–Crippen LogP) is 2.95. The zero-order valence-corrected chi connectivity index (χ0v) is 14.8. The van der Waals surface area contributed by atoms with Crippen molar-refractivity contribution >= 4 is 12.0 Å². The van der Waals surface area contributed by atoms with Gasteiger partial charge in [0, 0.05) is 6.61 Å². The summed E-state index contributed by atoms with van der Waals surface area (Å²) in [6, 6.07) is 11.5. The van der Waals surface area contributed by atoms with Crippen LogP contribution >= 0.6 is 0 Å². The van der Waals surface area contributed by atoms with Gasteiger partial charge in [0.1, 0.15) is 18.0 Å². The Morgan fingerprint density at radius 1 is 1.22 bits per heavy atom. The molecule has 3 N–H and O–H groups in total. The van der Waals surface area contributed by atoms with Crippen molar-refractivity contribution in [3.63, 3.8) is 0 Å². The first kappa shape index (κ1) is 18.8. The molecular weight excluding hydrogens is 351 g/mol. The van der Waals surface area contributed by atoms with Crippen molar-refractivity contribution in [3.8, 4) is 0 Å². The quantitative estimate of drug-likeness (QED) is 0.728. The van der Waals surface area contributed by atoms with Gasteiger partial charge in [-0.05, 0) is 42.2 Å². The second-order valence-electron chi connectivity index (χ2n) is 6.33. The molecule has 1 aliphatic carbocycles. The molecule has 27 heavy (non-hydrogen) atoms. The minimum atomic E-state index is -1.34. The SMILES string of the molecule is CCO[C@@H]1c2ccccc2C[C@H]1NC(=O)C(NC(=O)O)c1ccc(F)cc1. The molecule has 142 valence electrons. The summed E-state index contributed by atoms with van der Waals surface area (Å²) in [5.41, 5.74) is 2.47. The molecule has 0 aromatic heterocycles. The van der Waals surface area contributed by atoms with Crippen LogP contribution in [0, 0.1) is 5.82 Å². The summed E-state index contributed by atoms with van der Waals surface area (Å²) in [5.74, 6) is -0.970. The minimum Gasteiger partial charge on any atom is -0.465 e. The highest BCUT2D eigenvalue weighted by Gasteiger charge is 2.35. The first-order valence-electron chi connectivity index (χ1n) is 8.74. The van der Waals surface area contributed by atoms with Gasteiger partial charge >= 0.3 is 6.09 Å². The number of hydrogen-bond donors (Lipinski definition) is 3. The van der Waals surface area contributed by atoms with Crippen LogP contribution in [0.4, 0.5) is 9.18 Å². The van der Waals surface area contributed by atoms with Gasteiger partial charge < -0.3 is 20.5 Å². The summed E-state index contributed by atoms with van der Waals surface area (Å²) >= 11 is 0. The monoisotopic (exact) mass is 372 g/mol. The van der Waals surface area contributed by atoms with E-state index in [9.17, 15) is 14.0 Å². The van der Waals surface area contributed by atoms with Crippen molar-refractivity contribution in [2.45, 2.75) is 31.5 Å². The average Bonchev–Trinajstić information content (AvgIpc) is 2.98. The zero-order valence-electron chi connectivity index (χ0n) is 14.8. The van der Waals surface area contributed by atoms with Gasteiger partial charge in [-0.1, -0.05) is 36.4 Å². The number of carboxylic acid groups (broad SMARTS) is 1. The average molecular weight is 372 g/mol. The Kier molecular flexibility index (Phi) is 5.71. The maximum absolute atomic E-state index is 13.2. The van der Waals surface area contributed by atoms with E-state index in [4.69, 9.17) is 9.84 Å². The highest BCUT2D eigenvalue weighted by Crippen LogP contribution is 2.34. The van der Waals surface area contributed by atoms with Crippen LogP contribution in [0.5, 0.6) is 0 Å². The van der Waals surface area contributed by atoms with Crippen LogP contribution in [0.3, 0.4) is 0 Å². The number of carbonyl (C=O) groups is 2. The van der Waals surface area contributed by atoms with Crippen molar-refractivity contribution < 1.29 is 23.8 Å². The lowest BCUT2D eigenvalue weighted by atomic mass is 10.0. The second kappa shape index (κ2) is 8.18. The van der Waals surface area contributed by atoms with Gasteiger partial charge in [0.25, 0.3) is 0 Å². The molecule has 0 saturated carbocycles. The Labute approximate surface area is 156 Å². The highest BCUT2D eigenvalue weighted by atomic mass is 19.1. The van der Waals surface area contributed by atoms with E-state index in [0.717, 1.165) is 11.1 Å². The zero-order chi connectivity index (χ0) is 19.4. The summed E-state index contributed by atoms with van der Waals surface area (Å²) in [6.45, 7) is 2.37. The Hall–Kier alpha value is -2.93. The molecular formula is C20H21FN2O4. The summed E-state index contributed by atoms with van der Waals surface area (Å²) in [5, 5.41) is 14.2. The van der Waals surface area contributed by atoms with Crippen molar-refractivity contribution in [2.75, 3.05) is 6.61 Å². The molecule has 2 aromatic carbocycles. The van der Waals surface area contributed by atoms with E-state index in [2.05, 4.69) is 10.6 Å². The number of ether oxygens (including phenoxy) is 1. The fourth-order valence-electron chi connectivity index (χ4n) is 3.42. The van der Waals surface area contributed by atoms with Gasteiger partial charge in [-0.15, -0.1) is 0 Å². The molecule has 0 heterocycles. The van der Waals surface area contributed by atoms with Gasteiger partial charge in [0.15, 0.2) is 0 Å². The predicted molar refractivity (Wildman–Crippen MR) is 96.7 cm³/mol. The third-order valence-corrected chi connectivity index (χ3v) is 4.57. The Bertz CT molecular complexity index is 825. The van der Waals surface area contributed by atoms with Crippen molar-refractivity contribution in [2.24, 2.45) is 0 Å². The maximum Gasteiger partial charge on any atom is 0.405 e. The number of rotatable bonds is 6. The fraction of sp³-hybridized carbons (Fsp3) is 0.300. The molecule has 2 amide bonds. The Morgan fingerprint density at radius 2 is 1.93 bits per heavy atom. The number of fused-ring (bicyclic) bond motifs is 1. The van der Waals surface area contributed by atoms with E-state index < -0.39 is 23.9 Å². The fourth-order valence-corrected chi connectivity index (χ4v) is 3.42. The van der Waals surface area contributed by atoms with Crippen LogP contribution in [0.25, 0.3) is 0 Å². The van der Waals surface area contributed by atoms with E-state index in [1.54, 1.807) is 0 Å². The summed E-state index contributed by atoms with van der Waals surface area (Å²) < 4.78 is 19.0. The topological polar surface area (TPSA) is 87.7 Å². The van der Waals surface area contributed by atoms with Crippen molar-refractivity contribution in [1.82, 2.24) is 10.6 Å². The number of amides is 2. The molecule has 0 saturated heterocycles. The molecule has 0 spiro atoms.